The third kappa shape index (κ3) is 4.32. The van der Waals surface area contributed by atoms with Crippen molar-refractivity contribution < 1.29 is 13.2 Å². The van der Waals surface area contributed by atoms with Gasteiger partial charge in [-0.3, -0.25) is 9.89 Å². The van der Waals surface area contributed by atoms with E-state index in [2.05, 4.69) is 20.2 Å². The number of nitrogens with one attached hydrogen (secondary N) is 3. The molecule has 1 rings (SSSR count). The summed E-state index contributed by atoms with van der Waals surface area (Å²) < 4.78 is 26.4. The van der Waals surface area contributed by atoms with Crippen LogP contribution in [0.25, 0.3) is 0 Å². The topological polar surface area (TPSA) is 104 Å². The van der Waals surface area contributed by atoms with Crippen molar-refractivity contribution in [2.24, 2.45) is 0 Å². The number of aromatic nitrogens is 2. The van der Waals surface area contributed by atoms with Crippen molar-refractivity contribution in [3.05, 3.63) is 11.4 Å². The van der Waals surface area contributed by atoms with E-state index >= 15 is 0 Å². The maximum absolute atomic E-state index is 12.1. The molecule has 0 unspecified atom stereocenters. The fourth-order valence-electron chi connectivity index (χ4n) is 1.63. The Morgan fingerprint density at radius 2 is 1.89 bits per heavy atom. The maximum Gasteiger partial charge on any atom is 0.244 e. The van der Waals surface area contributed by atoms with Crippen molar-refractivity contribution in [1.29, 1.82) is 0 Å². The highest BCUT2D eigenvalue weighted by molar-refractivity contribution is 7.89. The van der Waals surface area contributed by atoms with Gasteiger partial charge in [-0.25, -0.2) is 13.1 Å². The van der Waals surface area contributed by atoms with E-state index in [9.17, 15) is 13.2 Å². The zero-order valence-corrected chi connectivity index (χ0v) is 12.6. The number of H-pyrrole nitrogens is 1. The molecule has 0 aromatic carbocycles. The highest BCUT2D eigenvalue weighted by atomic mass is 32.2. The molecule has 108 valence electrons. The number of carbonyl (C=O) groups excluding carboxylic acids is 1. The van der Waals surface area contributed by atoms with Crippen LogP contribution in [0, 0.1) is 13.8 Å². The van der Waals surface area contributed by atoms with Crippen molar-refractivity contribution in [3.63, 3.8) is 0 Å². The molecule has 0 saturated carbocycles. The largest absolute Gasteiger partial charge is 0.350 e. The van der Waals surface area contributed by atoms with Crippen molar-refractivity contribution in [3.8, 4) is 0 Å². The smallest absolute Gasteiger partial charge is 0.244 e. The first-order chi connectivity index (χ1) is 8.53. The monoisotopic (exact) mass is 288 g/mol. The zero-order valence-electron chi connectivity index (χ0n) is 11.8. The van der Waals surface area contributed by atoms with Crippen LogP contribution in [-0.2, 0) is 14.8 Å². The van der Waals surface area contributed by atoms with Gasteiger partial charge >= 0.3 is 0 Å². The second-order valence-electron chi connectivity index (χ2n) is 5.39. The number of rotatable bonds is 4. The standard InChI is InChI=1S/C11H20N4O3S/c1-7-10(8(2)15-14-7)19(17,18)12-6-9(16)13-11(3,4)5/h12H,6H2,1-5H3,(H,13,16)(H,14,15). The molecule has 0 aliphatic carbocycles. The molecular weight excluding hydrogens is 268 g/mol. The first-order valence-corrected chi connectivity index (χ1v) is 7.33. The Kier molecular flexibility index (Phi) is 4.36. The second kappa shape index (κ2) is 5.30. The van der Waals surface area contributed by atoms with E-state index in [1.165, 1.54) is 0 Å². The Labute approximate surface area is 113 Å². The first-order valence-electron chi connectivity index (χ1n) is 5.85. The summed E-state index contributed by atoms with van der Waals surface area (Å²) in [6, 6.07) is 0. The fourth-order valence-corrected chi connectivity index (χ4v) is 2.98. The van der Waals surface area contributed by atoms with Crippen LogP contribution in [0.5, 0.6) is 0 Å². The van der Waals surface area contributed by atoms with Crippen molar-refractivity contribution in [2.45, 2.75) is 45.1 Å². The van der Waals surface area contributed by atoms with Gasteiger partial charge in [0.2, 0.25) is 15.9 Å². The first kappa shape index (κ1) is 15.6. The number of hydrogen-bond donors (Lipinski definition) is 3. The van der Waals surface area contributed by atoms with Crippen molar-refractivity contribution in [1.82, 2.24) is 20.2 Å². The van der Waals surface area contributed by atoms with Crippen molar-refractivity contribution in [2.75, 3.05) is 6.54 Å². The van der Waals surface area contributed by atoms with Crippen LogP contribution in [-0.4, -0.2) is 36.6 Å². The van der Waals surface area contributed by atoms with Crippen molar-refractivity contribution >= 4 is 15.9 Å². The minimum atomic E-state index is -3.73. The Bertz CT molecular complexity index is 550. The summed E-state index contributed by atoms with van der Waals surface area (Å²) in [6.07, 6.45) is 0. The van der Waals surface area contributed by atoms with Crippen LogP contribution in [0.15, 0.2) is 4.90 Å². The lowest BCUT2D eigenvalue weighted by Gasteiger charge is -2.20. The minimum Gasteiger partial charge on any atom is -0.350 e. The summed E-state index contributed by atoms with van der Waals surface area (Å²) in [5.41, 5.74) is 0.423. The van der Waals surface area contributed by atoms with Gasteiger partial charge in [0.25, 0.3) is 0 Å². The number of hydrogen-bond acceptors (Lipinski definition) is 4. The van der Waals surface area contributed by atoms with Gasteiger partial charge in [0, 0.05) is 5.54 Å². The number of aryl methyl sites for hydroxylation is 2. The molecule has 0 aliphatic rings. The predicted octanol–water partition coefficient (Wildman–Crippen LogP) is 0.220. The van der Waals surface area contributed by atoms with Gasteiger partial charge in [0.1, 0.15) is 4.90 Å². The SMILES string of the molecule is Cc1n[nH]c(C)c1S(=O)(=O)NCC(=O)NC(C)(C)C. The molecule has 0 spiro atoms. The molecule has 1 aromatic heterocycles. The number of carbonyl (C=O) groups is 1. The Balaban J connectivity index is 2.75. The predicted molar refractivity (Wildman–Crippen MR) is 71.1 cm³/mol. The third-order valence-electron chi connectivity index (χ3n) is 2.27. The van der Waals surface area contributed by atoms with Gasteiger partial charge in [0.05, 0.1) is 17.9 Å². The lowest BCUT2D eigenvalue weighted by Crippen LogP contribution is -2.45. The average Bonchev–Trinajstić information content (AvgIpc) is 2.54. The van der Waals surface area contributed by atoms with E-state index in [4.69, 9.17) is 0 Å². The van der Waals surface area contributed by atoms with E-state index in [1.807, 2.05) is 20.8 Å². The summed E-state index contributed by atoms with van der Waals surface area (Å²) in [7, 11) is -3.73. The fraction of sp³-hybridized carbons (Fsp3) is 0.636. The normalized spacial score (nSPS) is 12.5. The summed E-state index contributed by atoms with van der Waals surface area (Å²) in [5.74, 6) is -0.380. The van der Waals surface area contributed by atoms with Gasteiger partial charge in [-0.05, 0) is 34.6 Å². The van der Waals surface area contributed by atoms with Crippen LogP contribution in [0.1, 0.15) is 32.2 Å². The van der Waals surface area contributed by atoms with Gasteiger partial charge in [-0.2, -0.15) is 5.10 Å². The van der Waals surface area contributed by atoms with Crippen LogP contribution in [0.2, 0.25) is 0 Å². The van der Waals surface area contributed by atoms with E-state index < -0.39 is 15.6 Å². The third-order valence-corrected chi connectivity index (χ3v) is 3.93. The number of sulfonamides is 1. The molecular formula is C11H20N4O3S. The Hall–Kier alpha value is -1.41. The maximum atomic E-state index is 12.1. The zero-order chi connectivity index (χ0) is 14.8. The molecule has 8 heteroatoms. The summed E-state index contributed by atoms with van der Waals surface area (Å²) in [6.45, 7) is 8.37. The van der Waals surface area contributed by atoms with Gasteiger partial charge in [-0.1, -0.05) is 0 Å². The lowest BCUT2D eigenvalue weighted by atomic mass is 10.1. The molecule has 0 fully saturated rings. The molecule has 0 saturated heterocycles. The Morgan fingerprint density at radius 1 is 1.32 bits per heavy atom. The highest BCUT2D eigenvalue weighted by Gasteiger charge is 2.23. The number of aromatic amines is 1. The molecule has 3 N–H and O–H groups in total. The van der Waals surface area contributed by atoms with Gasteiger partial charge in [0.15, 0.2) is 0 Å². The van der Waals surface area contributed by atoms with Crippen LogP contribution < -0.4 is 10.0 Å². The Morgan fingerprint density at radius 3 is 2.32 bits per heavy atom. The average molecular weight is 288 g/mol. The second-order valence-corrected chi connectivity index (χ2v) is 7.09. The number of nitrogens with zero attached hydrogens (tertiary/aromatic N) is 1. The molecule has 1 heterocycles. The molecule has 1 aromatic rings. The molecule has 0 atom stereocenters. The van der Waals surface area contributed by atoms with Crippen LogP contribution in [0.4, 0.5) is 0 Å². The molecule has 1 amide bonds. The van der Waals surface area contributed by atoms with E-state index in [-0.39, 0.29) is 17.3 Å². The van der Waals surface area contributed by atoms with E-state index in [0.29, 0.717) is 11.4 Å². The minimum absolute atomic E-state index is 0.0936. The highest BCUT2D eigenvalue weighted by Crippen LogP contribution is 2.15. The molecule has 0 radical (unpaired) electrons. The molecule has 19 heavy (non-hydrogen) atoms. The summed E-state index contributed by atoms with van der Waals surface area (Å²) >= 11 is 0. The quantitative estimate of drug-likeness (QED) is 0.737. The number of amides is 1. The van der Waals surface area contributed by atoms with Crippen LogP contribution >= 0.6 is 0 Å². The van der Waals surface area contributed by atoms with Crippen LogP contribution in [0.3, 0.4) is 0 Å². The lowest BCUT2D eigenvalue weighted by molar-refractivity contribution is -0.121. The summed E-state index contributed by atoms with van der Waals surface area (Å²) in [4.78, 5) is 11.7. The van der Waals surface area contributed by atoms with E-state index in [0.717, 1.165) is 0 Å². The molecule has 0 bridgehead atoms. The molecule has 0 aliphatic heterocycles. The van der Waals surface area contributed by atoms with Gasteiger partial charge < -0.3 is 5.32 Å². The summed E-state index contributed by atoms with van der Waals surface area (Å²) in [5, 5.41) is 9.10. The van der Waals surface area contributed by atoms with Gasteiger partial charge in [-0.15, -0.1) is 0 Å². The van der Waals surface area contributed by atoms with E-state index in [1.54, 1.807) is 13.8 Å². The molecule has 7 nitrogen and oxygen atoms in total.